The van der Waals surface area contributed by atoms with E-state index in [1.165, 1.54) is 11.3 Å². The standard InChI is InChI=1S/C17H15F2N3O3S2/c18-13-4-1-5-14(19)15(13)27(23,24)22-7-2-3-11(9-22)16-20-21-17(25-16)12-6-8-26-10-12/h1,4-6,8,10-11H,2-3,7,9H2. The highest BCUT2D eigenvalue weighted by atomic mass is 32.2. The molecule has 4 rings (SSSR count). The quantitative estimate of drug-likeness (QED) is 0.655. The Kier molecular flexibility index (Phi) is 4.79. The lowest BCUT2D eigenvalue weighted by atomic mass is 10.00. The SMILES string of the molecule is O=S(=O)(c1c(F)cccc1F)N1CCCC(c2nnc(-c3ccsc3)o2)C1. The number of halogens is 2. The van der Waals surface area contributed by atoms with Gasteiger partial charge in [0.15, 0.2) is 4.90 Å². The van der Waals surface area contributed by atoms with E-state index in [9.17, 15) is 17.2 Å². The van der Waals surface area contributed by atoms with Crippen LogP contribution in [0.4, 0.5) is 8.78 Å². The van der Waals surface area contributed by atoms with Crippen LogP contribution in [0.1, 0.15) is 24.7 Å². The molecule has 3 aromatic rings. The highest BCUT2D eigenvalue weighted by Gasteiger charge is 2.36. The zero-order valence-electron chi connectivity index (χ0n) is 14.0. The molecule has 6 nitrogen and oxygen atoms in total. The summed E-state index contributed by atoms with van der Waals surface area (Å²) >= 11 is 1.50. The van der Waals surface area contributed by atoms with E-state index >= 15 is 0 Å². The van der Waals surface area contributed by atoms with Gasteiger partial charge < -0.3 is 4.42 Å². The van der Waals surface area contributed by atoms with Gasteiger partial charge in [-0.1, -0.05) is 6.07 Å². The van der Waals surface area contributed by atoms with Gasteiger partial charge in [-0.05, 0) is 36.4 Å². The Labute approximate surface area is 158 Å². The van der Waals surface area contributed by atoms with Crippen molar-refractivity contribution < 1.29 is 21.6 Å². The molecule has 0 amide bonds. The summed E-state index contributed by atoms with van der Waals surface area (Å²) in [4.78, 5) is -0.921. The van der Waals surface area contributed by atoms with Gasteiger partial charge in [-0.2, -0.15) is 15.6 Å². The maximum atomic E-state index is 14.0. The topological polar surface area (TPSA) is 76.3 Å². The summed E-state index contributed by atoms with van der Waals surface area (Å²) < 4.78 is 60.3. The molecule has 1 aromatic carbocycles. The minimum atomic E-state index is -4.31. The molecule has 0 radical (unpaired) electrons. The Balaban J connectivity index is 1.60. The molecule has 2 aromatic heterocycles. The fraction of sp³-hybridized carbons (Fsp3) is 0.294. The molecule has 1 unspecified atom stereocenters. The number of hydrogen-bond donors (Lipinski definition) is 0. The normalized spacial score (nSPS) is 18.7. The predicted octanol–water partition coefficient (Wildman–Crippen LogP) is 3.64. The zero-order chi connectivity index (χ0) is 19.0. The molecule has 1 aliphatic rings. The van der Waals surface area contributed by atoms with Gasteiger partial charge in [-0.15, -0.1) is 10.2 Å². The third kappa shape index (κ3) is 3.40. The molecule has 0 saturated carbocycles. The van der Waals surface area contributed by atoms with Crippen molar-refractivity contribution in [2.75, 3.05) is 13.1 Å². The number of piperidine rings is 1. The fourth-order valence-corrected chi connectivity index (χ4v) is 5.39. The minimum absolute atomic E-state index is 0.0291. The molecular weight excluding hydrogens is 396 g/mol. The molecule has 1 saturated heterocycles. The van der Waals surface area contributed by atoms with Crippen molar-refractivity contribution in [1.82, 2.24) is 14.5 Å². The van der Waals surface area contributed by atoms with E-state index in [4.69, 9.17) is 4.42 Å². The highest BCUT2D eigenvalue weighted by Crippen LogP contribution is 2.32. The number of rotatable bonds is 4. The molecule has 0 N–H and O–H groups in total. The Morgan fingerprint density at radius 1 is 1.19 bits per heavy atom. The van der Waals surface area contributed by atoms with Gasteiger partial charge in [0.1, 0.15) is 11.6 Å². The van der Waals surface area contributed by atoms with Crippen molar-refractivity contribution in [1.29, 1.82) is 0 Å². The summed E-state index contributed by atoms with van der Waals surface area (Å²) in [6.45, 7) is 0.208. The van der Waals surface area contributed by atoms with E-state index in [1.54, 1.807) is 0 Å². The van der Waals surface area contributed by atoms with Gasteiger partial charge in [-0.25, -0.2) is 17.2 Å². The third-order valence-corrected chi connectivity index (χ3v) is 7.06. The first kappa shape index (κ1) is 18.2. The van der Waals surface area contributed by atoms with Gasteiger partial charge in [0, 0.05) is 24.0 Å². The zero-order valence-corrected chi connectivity index (χ0v) is 15.6. The van der Waals surface area contributed by atoms with E-state index in [2.05, 4.69) is 10.2 Å². The van der Waals surface area contributed by atoms with Gasteiger partial charge in [0.25, 0.3) is 0 Å². The molecule has 0 bridgehead atoms. The molecular formula is C17H15F2N3O3S2. The van der Waals surface area contributed by atoms with E-state index < -0.39 is 26.6 Å². The molecule has 1 fully saturated rings. The van der Waals surface area contributed by atoms with Crippen LogP contribution < -0.4 is 0 Å². The second-order valence-electron chi connectivity index (χ2n) is 6.21. The number of benzene rings is 1. The number of nitrogens with zero attached hydrogens (tertiary/aromatic N) is 3. The summed E-state index contributed by atoms with van der Waals surface area (Å²) in [5.74, 6) is -1.84. The largest absolute Gasteiger partial charge is 0.420 e. The third-order valence-electron chi connectivity index (χ3n) is 4.46. The molecule has 0 spiro atoms. The lowest BCUT2D eigenvalue weighted by Gasteiger charge is -2.30. The summed E-state index contributed by atoms with van der Waals surface area (Å²) in [5.41, 5.74) is 0.799. The van der Waals surface area contributed by atoms with Gasteiger partial charge >= 0.3 is 0 Å². The Morgan fingerprint density at radius 2 is 1.96 bits per heavy atom. The maximum Gasteiger partial charge on any atom is 0.248 e. The Bertz CT molecular complexity index is 1030. The molecule has 10 heteroatoms. The molecule has 0 aliphatic carbocycles. The van der Waals surface area contributed by atoms with Gasteiger partial charge in [0.05, 0.1) is 5.92 Å². The van der Waals surface area contributed by atoms with Crippen LogP contribution in [0.2, 0.25) is 0 Å². The molecule has 3 heterocycles. The van der Waals surface area contributed by atoms with E-state index in [-0.39, 0.29) is 19.0 Å². The van der Waals surface area contributed by atoms with Gasteiger partial charge in [-0.3, -0.25) is 0 Å². The van der Waals surface area contributed by atoms with Crippen molar-refractivity contribution in [3.63, 3.8) is 0 Å². The minimum Gasteiger partial charge on any atom is -0.420 e. The Hall–Kier alpha value is -2.17. The van der Waals surface area contributed by atoms with Crippen LogP contribution in [0, 0.1) is 11.6 Å². The van der Waals surface area contributed by atoms with Crippen LogP contribution in [-0.4, -0.2) is 36.0 Å². The predicted molar refractivity (Wildman–Crippen MR) is 94.7 cm³/mol. The first-order valence-electron chi connectivity index (χ1n) is 8.27. The van der Waals surface area contributed by atoms with Crippen molar-refractivity contribution >= 4 is 21.4 Å². The van der Waals surface area contributed by atoms with Crippen molar-refractivity contribution in [3.8, 4) is 11.5 Å². The van der Waals surface area contributed by atoms with Crippen molar-refractivity contribution in [2.24, 2.45) is 0 Å². The number of sulfonamides is 1. The fourth-order valence-electron chi connectivity index (χ4n) is 3.12. The Morgan fingerprint density at radius 3 is 2.67 bits per heavy atom. The number of aromatic nitrogens is 2. The second-order valence-corrected chi connectivity index (χ2v) is 8.87. The maximum absolute atomic E-state index is 14.0. The van der Waals surface area contributed by atoms with E-state index in [1.807, 2.05) is 16.8 Å². The van der Waals surface area contributed by atoms with Crippen molar-refractivity contribution in [2.45, 2.75) is 23.7 Å². The molecule has 1 aliphatic heterocycles. The van der Waals surface area contributed by atoms with Crippen LogP contribution in [0.25, 0.3) is 11.5 Å². The lowest BCUT2D eigenvalue weighted by molar-refractivity contribution is 0.284. The highest BCUT2D eigenvalue weighted by molar-refractivity contribution is 7.89. The lowest BCUT2D eigenvalue weighted by Crippen LogP contribution is -2.39. The van der Waals surface area contributed by atoms with Crippen molar-refractivity contribution in [3.05, 3.63) is 52.6 Å². The molecule has 142 valence electrons. The summed E-state index contributed by atoms with van der Waals surface area (Å²) in [6.07, 6.45) is 1.17. The number of thiophene rings is 1. The van der Waals surface area contributed by atoms with E-state index in [0.29, 0.717) is 24.6 Å². The monoisotopic (exact) mass is 411 g/mol. The average Bonchev–Trinajstić information content (AvgIpc) is 3.33. The van der Waals surface area contributed by atoms with Gasteiger partial charge in [0.2, 0.25) is 21.8 Å². The summed E-state index contributed by atoms with van der Waals surface area (Å²) in [7, 11) is -4.31. The first-order chi connectivity index (χ1) is 13.0. The van der Waals surface area contributed by atoms with Crippen LogP contribution >= 0.6 is 11.3 Å². The summed E-state index contributed by atoms with van der Waals surface area (Å²) in [6, 6.07) is 4.85. The van der Waals surface area contributed by atoms with Crippen LogP contribution in [0.3, 0.4) is 0 Å². The van der Waals surface area contributed by atoms with Crippen LogP contribution in [-0.2, 0) is 10.0 Å². The molecule has 27 heavy (non-hydrogen) atoms. The van der Waals surface area contributed by atoms with E-state index in [0.717, 1.165) is 28.1 Å². The van der Waals surface area contributed by atoms with Crippen LogP contribution in [0.5, 0.6) is 0 Å². The summed E-state index contributed by atoms with van der Waals surface area (Å²) in [5, 5.41) is 11.8. The smallest absolute Gasteiger partial charge is 0.248 e. The number of hydrogen-bond acceptors (Lipinski definition) is 6. The first-order valence-corrected chi connectivity index (χ1v) is 10.7. The van der Waals surface area contributed by atoms with Crippen LogP contribution in [0.15, 0.2) is 44.3 Å². The molecule has 1 atom stereocenters. The second kappa shape index (κ2) is 7.10. The average molecular weight is 411 g/mol.